The van der Waals surface area contributed by atoms with Crippen molar-refractivity contribution >= 4 is 33.2 Å². The summed E-state index contributed by atoms with van der Waals surface area (Å²) in [6.07, 6.45) is 0.103. The number of anilines is 1. The first-order valence-corrected chi connectivity index (χ1v) is 10.9. The quantitative estimate of drug-likeness (QED) is 0.616. The first-order valence-electron chi connectivity index (χ1n) is 9.03. The van der Waals surface area contributed by atoms with Gasteiger partial charge in [0.2, 0.25) is 15.9 Å². The molecule has 1 N–H and O–H groups in total. The van der Waals surface area contributed by atoms with Crippen LogP contribution in [0.4, 0.5) is 5.69 Å². The van der Waals surface area contributed by atoms with Crippen LogP contribution < -0.4 is 14.4 Å². The van der Waals surface area contributed by atoms with Crippen LogP contribution in [0.3, 0.4) is 0 Å². The lowest BCUT2D eigenvalue weighted by Gasteiger charge is -2.22. The number of benzene rings is 2. The molecule has 0 saturated carbocycles. The fraction of sp³-hybridized carbons (Fsp3) is 0.300. The number of ether oxygens (including phenoxy) is 1. The molecule has 154 valence electrons. The monoisotopic (exact) mass is 435 g/mol. The molecular formula is C20H22ClN3O4S. The highest BCUT2D eigenvalue weighted by molar-refractivity contribution is 7.89. The minimum absolute atomic E-state index is 0.0327. The second-order valence-corrected chi connectivity index (χ2v) is 8.19. The fourth-order valence-corrected chi connectivity index (χ4v) is 3.93. The van der Waals surface area contributed by atoms with Gasteiger partial charge in [-0.05, 0) is 49.4 Å². The van der Waals surface area contributed by atoms with E-state index in [1.165, 1.54) is 23.1 Å². The SMILES string of the molecule is CCOc1ccc(N(CCC#N)C(=O)CCNS(=O)(=O)c2cccc(Cl)c2)cc1. The van der Waals surface area contributed by atoms with Crippen molar-refractivity contribution in [2.75, 3.05) is 24.6 Å². The molecule has 0 aliphatic heterocycles. The Labute approximate surface area is 175 Å². The Bertz CT molecular complexity index is 972. The van der Waals surface area contributed by atoms with E-state index in [0.29, 0.717) is 23.1 Å². The van der Waals surface area contributed by atoms with E-state index in [1.807, 2.05) is 13.0 Å². The molecule has 2 aromatic rings. The summed E-state index contributed by atoms with van der Waals surface area (Å²) in [5.74, 6) is 0.386. The van der Waals surface area contributed by atoms with Crippen LogP contribution in [0, 0.1) is 11.3 Å². The topological polar surface area (TPSA) is 99.5 Å². The molecule has 0 aromatic heterocycles. The van der Waals surface area contributed by atoms with Crippen molar-refractivity contribution in [1.82, 2.24) is 4.72 Å². The summed E-state index contributed by atoms with van der Waals surface area (Å²) in [6.45, 7) is 2.54. The Hall–Kier alpha value is -2.60. The Morgan fingerprint density at radius 2 is 1.97 bits per heavy atom. The molecule has 7 nitrogen and oxygen atoms in total. The van der Waals surface area contributed by atoms with E-state index in [-0.39, 0.29) is 36.7 Å². The number of hydrogen-bond donors (Lipinski definition) is 1. The van der Waals surface area contributed by atoms with Gasteiger partial charge in [0.15, 0.2) is 0 Å². The molecule has 0 aliphatic rings. The van der Waals surface area contributed by atoms with Crippen LogP contribution in [-0.2, 0) is 14.8 Å². The van der Waals surface area contributed by atoms with Gasteiger partial charge in [0.05, 0.1) is 24.0 Å². The second kappa shape index (κ2) is 10.8. The second-order valence-electron chi connectivity index (χ2n) is 5.99. The third-order valence-corrected chi connectivity index (χ3v) is 5.64. The zero-order valence-electron chi connectivity index (χ0n) is 16.0. The van der Waals surface area contributed by atoms with Gasteiger partial charge in [-0.3, -0.25) is 4.79 Å². The molecule has 0 aliphatic carbocycles. The number of nitrogens with zero attached hydrogens (tertiary/aromatic N) is 2. The molecule has 0 saturated heterocycles. The third-order valence-electron chi connectivity index (χ3n) is 3.94. The predicted molar refractivity (Wildman–Crippen MR) is 111 cm³/mol. The number of sulfonamides is 1. The van der Waals surface area contributed by atoms with Crippen molar-refractivity contribution in [2.45, 2.75) is 24.7 Å². The number of amides is 1. The molecule has 0 heterocycles. The Morgan fingerprint density at radius 1 is 1.24 bits per heavy atom. The van der Waals surface area contributed by atoms with Gasteiger partial charge in [-0.1, -0.05) is 17.7 Å². The number of nitriles is 1. The smallest absolute Gasteiger partial charge is 0.240 e. The summed E-state index contributed by atoms with van der Waals surface area (Å²) in [4.78, 5) is 14.2. The number of rotatable bonds is 10. The summed E-state index contributed by atoms with van der Waals surface area (Å²) < 4.78 is 32.4. The van der Waals surface area contributed by atoms with E-state index in [2.05, 4.69) is 4.72 Å². The van der Waals surface area contributed by atoms with Gasteiger partial charge >= 0.3 is 0 Å². The van der Waals surface area contributed by atoms with Crippen LogP contribution in [0.25, 0.3) is 0 Å². The van der Waals surface area contributed by atoms with Crippen molar-refractivity contribution in [3.63, 3.8) is 0 Å². The minimum atomic E-state index is -3.77. The Morgan fingerprint density at radius 3 is 2.59 bits per heavy atom. The molecule has 0 spiro atoms. The highest BCUT2D eigenvalue weighted by atomic mass is 35.5. The number of halogens is 1. The van der Waals surface area contributed by atoms with E-state index < -0.39 is 10.0 Å². The van der Waals surface area contributed by atoms with Gasteiger partial charge in [0, 0.05) is 30.2 Å². The summed E-state index contributed by atoms with van der Waals surface area (Å²) in [5.41, 5.74) is 0.617. The average molecular weight is 436 g/mol. The van der Waals surface area contributed by atoms with Crippen molar-refractivity contribution < 1.29 is 17.9 Å². The lowest BCUT2D eigenvalue weighted by atomic mass is 10.2. The molecule has 9 heteroatoms. The molecule has 2 aromatic carbocycles. The zero-order chi connectivity index (χ0) is 21.3. The van der Waals surface area contributed by atoms with Gasteiger partial charge in [-0.2, -0.15) is 5.26 Å². The molecule has 0 radical (unpaired) electrons. The number of hydrogen-bond acceptors (Lipinski definition) is 5. The maximum absolute atomic E-state index is 12.7. The first-order chi connectivity index (χ1) is 13.9. The van der Waals surface area contributed by atoms with Crippen molar-refractivity contribution in [1.29, 1.82) is 5.26 Å². The lowest BCUT2D eigenvalue weighted by molar-refractivity contribution is -0.118. The molecule has 0 unspecified atom stereocenters. The number of carbonyl (C=O) groups is 1. The maximum atomic E-state index is 12.7. The Balaban J connectivity index is 2.03. The fourth-order valence-electron chi connectivity index (χ4n) is 2.59. The average Bonchev–Trinajstić information content (AvgIpc) is 2.69. The van der Waals surface area contributed by atoms with Gasteiger partial charge in [0.1, 0.15) is 5.75 Å². The summed E-state index contributed by atoms with van der Waals surface area (Å²) >= 11 is 5.84. The number of nitrogens with one attached hydrogen (secondary N) is 1. The van der Waals surface area contributed by atoms with Gasteiger partial charge < -0.3 is 9.64 Å². The van der Waals surface area contributed by atoms with E-state index in [4.69, 9.17) is 21.6 Å². The summed E-state index contributed by atoms with van der Waals surface area (Å²) in [7, 11) is -3.77. The predicted octanol–water partition coefficient (Wildman–Crippen LogP) is 3.35. The lowest BCUT2D eigenvalue weighted by Crippen LogP contribution is -2.35. The maximum Gasteiger partial charge on any atom is 0.240 e. The van der Waals surface area contributed by atoms with Crippen LogP contribution in [0.1, 0.15) is 19.8 Å². The molecule has 0 bridgehead atoms. The molecule has 0 atom stereocenters. The molecule has 2 rings (SSSR count). The van der Waals surface area contributed by atoms with E-state index in [0.717, 1.165) is 0 Å². The van der Waals surface area contributed by atoms with E-state index >= 15 is 0 Å². The Kier molecular flexibility index (Phi) is 8.46. The molecular weight excluding hydrogens is 414 g/mol. The number of carbonyl (C=O) groups excluding carboxylic acids is 1. The van der Waals surface area contributed by atoms with Gasteiger partial charge in [-0.15, -0.1) is 0 Å². The van der Waals surface area contributed by atoms with Crippen molar-refractivity contribution in [2.24, 2.45) is 0 Å². The molecule has 29 heavy (non-hydrogen) atoms. The van der Waals surface area contributed by atoms with Crippen LogP contribution in [0.2, 0.25) is 5.02 Å². The molecule has 1 amide bonds. The summed E-state index contributed by atoms with van der Waals surface area (Å²) in [5, 5.41) is 9.19. The minimum Gasteiger partial charge on any atom is -0.494 e. The van der Waals surface area contributed by atoms with Crippen molar-refractivity contribution in [3.05, 3.63) is 53.6 Å². The highest BCUT2D eigenvalue weighted by Gasteiger charge is 2.18. The normalized spacial score (nSPS) is 10.9. The van der Waals surface area contributed by atoms with Crippen LogP contribution in [-0.4, -0.2) is 34.0 Å². The highest BCUT2D eigenvalue weighted by Crippen LogP contribution is 2.21. The van der Waals surface area contributed by atoms with Crippen LogP contribution >= 0.6 is 11.6 Å². The van der Waals surface area contributed by atoms with Crippen LogP contribution in [0.15, 0.2) is 53.4 Å². The first kappa shape index (κ1) is 22.7. The summed E-state index contributed by atoms with van der Waals surface area (Å²) in [6, 6.07) is 14.9. The zero-order valence-corrected chi connectivity index (χ0v) is 17.5. The molecule has 0 fully saturated rings. The van der Waals surface area contributed by atoms with E-state index in [9.17, 15) is 13.2 Å². The third kappa shape index (κ3) is 6.75. The van der Waals surface area contributed by atoms with Crippen LogP contribution in [0.5, 0.6) is 5.75 Å². The largest absolute Gasteiger partial charge is 0.494 e. The van der Waals surface area contributed by atoms with Gasteiger partial charge in [0.25, 0.3) is 0 Å². The van der Waals surface area contributed by atoms with Gasteiger partial charge in [-0.25, -0.2) is 13.1 Å². The standard InChI is InChI=1S/C20H22ClN3O4S/c1-2-28-18-9-7-17(8-10-18)24(14-4-12-22)20(25)11-13-23-29(26,27)19-6-3-5-16(21)15-19/h3,5-10,15,23H,2,4,11,13-14H2,1H3. The van der Waals surface area contributed by atoms with E-state index in [1.54, 1.807) is 30.3 Å². The van der Waals surface area contributed by atoms with Crippen molar-refractivity contribution in [3.8, 4) is 11.8 Å².